The van der Waals surface area contributed by atoms with Crippen molar-refractivity contribution in [1.82, 2.24) is 0 Å². The highest BCUT2D eigenvalue weighted by Crippen LogP contribution is 2.42. The lowest BCUT2D eigenvalue weighted by molar-refractivity contribution is -0.145. The maximum absolute atomic E-state index is 13.7. The number of hydrogen-bond donors (Lipinski definition) is 0. The number of alkyl halides is 4. The molecule has 0 saturated heterocycles. The van der Waals surface area contributed by atoms with Crippen molar-refractivity contribution >= 4 is 43.6 Å². The molecule has 0 spiro atoms. The summed E-state index contributed by atoms with van der Waals surface area (Å²) in [6, 6.07) is 5.49. The Balaban J connectivity index is 0.000000237. The summed E-state index contributed by atoms with van der Waals surface area (Å²) in [6.07, 6.45) is -2.08. The van der Waals surface area contributed by atoms with Crippen molar-refractivity contribution < 1.29 is 40.7 Å². The van der Waals surface area contributed by atoms with Crippen LogP contribution in [-0.4, -0.2) is 18.4 Å². The van der Waals surface area contributed by atoms with Crippen LogP contribution in [0.1, 0.15) is 54.1 Å². The van der Waals surface area contributed by atoms with Gasteiger partial charge < -0.3 is 4.74 Å². The fourth-order valence-electron chi connectivity index (χ4n) is 3.11. The molecule has 33 heavy (non-hydrogen) atoms. The zero-order valence-electron chi connectivity index (χ0n) is 17.2. The van der Waals surface area contributed by atoms with Crippen LogP contribution >= 0.6 is 31.9 Å². The molecule has 0 N–H and O–H groups in total. The average Bonchev–Trinajstić information content (AvgIpc) is 2.69. The van der Waals surface area contributed by atoms with Crippen LogP contribution < -0.4 is 0 Å². The van der Waals surface area contributed by atoms with E-state index in [2.05, 4.69) is 36.6 Å². The van der Waals surface area contributed by atoms with Crippen LogP contribution in [-0.2, 0) is 21.4 Å². The highest BCUT2D eigenvalue weighted by atomic mass is 79.9. The van der Waals surface area contributed by atoms with Crippen LogP contribution in [0.3, 0.4) is 0 Å². The van der Waals surface area contributed by atoms with Gasteiger partial charge in [-0.15, -0.1) is 0 Å². The Morgan fingerprint density at radius 1 is 1.09 bits per heavy atom. The molecule has 0 amide bonds. The van der Waals surface area contributed by atoms with Crippen LogP contribution in [0, 0.1) is 11.6 Å². The molecule has 1 aliphatic carbocycles. The number of esters is 1. The van der Waals surface area contributed by atoms with Crippen LogP contribution in [0.15, 0.2) is 39.3 Å². The number of ketones is 1. The zero-order chi connectivity index (χ0) is 25.0. The van der Waals surface area contributed by atoms with Crippen molar-refractivity contribution in [2.75, 3.05) is 6.61 Å². The summed E-state index contributed by atoms with van der Waals surface area (Å²) in [5, 5.41) is 0. The number of halogens is 8. The lowest BCUT2D eigenvalue weighted by Gasteiger charge is -2.24. The SMILES string of the molecule is CCOC(=O)CCC(F)(F)c1ccc(Br)cc1F.O=C1CCC(F)(F)c2c(F)cc(Br)cc21. The van der Waals surface area contributed by atoms with Crippen molar-refractivity contribution in [2.24, 2.45) is 0 Å². The van der Waals surface area contributed by atoms with Gasteiger partial charge in [-0.05, 0) is 37.3 Å². The van der Waals surface area contributed by atoms with E-state index in [0.29, 0.717) is 8.95 Å². The second-order valence-electron chi connectivity index (χ2n) is 7.07. The van der Waals surface area contributed by atoms with Crippen LogP contribution in [0.25, 0.3) is 0 Å². The monoisotopic (exact) mass is 602 g/mol. The smallest absolute Gasteiger partial charge is 0.306 e. The molecule has 0 saturated carbocycles. The molecule has 0 heterocycles. The van der Waals surface area contributed by atoms with Gasteiger partial charge in [-0.1, -0.05) is 31.9 Å². The number of ether oxygens (including phenoxy) is 1. The highest BCUT2D eigenvalue weighted by Gasteiger charge is 2.42. The quantitative estimate of drug-likeness (QED) is 0.260. The van der Waals surface area contributed by atoms with E-state index in [1.54, 1.807) is 6.92 Å². The van der Waals surface area contributed by atoms with Gasteiger partial charge >= 0.3 is 5.97 Å². The number of fused-ring (bicyclic) bond motifs is 1. The van der Waals surface area contributed by atoms with Gasteiger partial charge in [0.05, 0.1) is 24.2 Å². The first kappa shape index (κ1) is 27.4. The van der Waals surface area contributed by atoms with E-state index in [1.165, 1.54) is 12.1 Å². The van der Waals surface area contributed by atoms with Crippen molar-refractivity contribution in [1.29, 1.82) is 0 Å². The maximum atomic E-state index is 13.7. The molecule has 1 aliphatic rings. The molecule has 0 bridgehead atoms. The summed E-state index contributed by atoms with van der Waals surface area (Å²) < 4.78 is 86.0. The van der Waals surface area contributed by atoms with E-state index in [-0.39, 0.29) is 18.6 Å². The number of carbonyl (C=O) groups is 2. The van der Waals surface area contributed by atoms with E-state index in [9.17, 15) is 35.9 Å². The molecule has 0 fully saturated rings. The Labute approximate surface area is 202 Å². The summed E-state index contributed by atoms with van der Waals surface area (Å²) >= 11 is 5.96. The molecular formula is C22H18Br2F6O3. The standard InChI is InChI=1S/C12H12BrF3O2.C10H6BrF3O/c1-2-18-11(17)5-6-12(15,16)9-4-3-8(13)7-10(9)14;11-5-3-6-8(15)1-2-10(13,14)9(6)7(12)4-5/h3-4,7H,2,5-6H2,1H3;3-4H,1-2H2. The van der Waals surface area contributed by atoms with Gasteiger partial charge in [0, 0.05) is 33.8 Å². The predicted octanol–water partition coefficient (Wildman–Crippen LogP) is 7.68. The van der Waals surface area contributed by atoms with E-state index < -0.39 is 65.6 Å². The highest BCUT2D eigenvalue weighted by molar-refractivity contribution is 9.10. The molecule has 3 rings (SSSR count). The summed E-state index contributed by atoms with van der Waals surface area (Å²) in [5.74, 6) is -9.81. The van der Waals surface area contributed by atoms with Gasteiger partial charge in [0.15, 0.2) is 5.78 Å². The van der Waals surface area contributed by atoms with Crippen LogP contribution in [0.5, 0.6) is 0 Å². The minimum Gasteiger partial charge on any atom is -0.466 e. The van der Waals surface area contributed by atoms with E-state index in [4.69, 9.17) is 0 Å². The number of Topliss-reactive ketones (excluding diaryl/α,β-unsaturated/α-hetero) is 1. The third kappa shape index (κ3) is 7.05. The fraction of sp³-hybridized carbons (Fsp3) is 0.364. The molecule has 2 aromatic carbocycles. The van der Waals surface area contributed by atoms with Gasteiger partial charge in [0.2, 0.25) is 0 Å². The van der Waals surface area contributed by atoms with Gasteiger partial charge in [0.25, 0.3) is 11.8 Å². The summed E-state index contributed by atoms with van der Waals surface area (Å²) in [6.45, 7) is 1.72. The first-order valence-corrected chi connectivity index (χ1v) is 11.3. The lowest BCUT2D eigenvalue weighted by Crippen LogP contribution is -2.26. The first-order valence-electron chi connectivity index (χ1n) is 9.68. The molecular weight excluding hydrogens is 586 g/mol. The lowest BCUT2D eigenvalue weighted by atomic mass is 9.87. The molecule has 0 radical (unpaired) electrons. The molecule has 0 atom stereocenters. The minimum absolute atomic E-state index is 0.136. The van der Waals surface area contributed by atoms with Crippen molar-refractivity contribution in [2.45, 2.75) is 44.5 Å². The van der Waals surface area contributed by atoms with Crippen molar-refractivity contribution in [3.63, 3.8) is 0 Å². The summed E-state index contributed by atoms with van der Waals surface area (Å²) in [7, 11) is 0. The van der Waals surface area contributed by atoms with Gasteiger partial charge in [-0.2, -0.15) is 0 Å². The van der Waals surface area contributed by atoms with Crippen LogP contribution in [0.4, 0.5) is 26.3 Å². The normalized spacial score (nSPS) is 14.8. The molecule has 11 heteroatoms. The van der Waals surface area contributed by atoms with E-state index in [0.717, 1.165) is 18.2 Å². The van der Waals surface area contributed by atoms with Gasteiger partial charge in [-0.25, -0.2) is 26.3 Å². The summed E-state index contributed by atoms with van der Waals surface area (Å²) in [4.78, 5) is 22.4. The Morgan fingerprint density at radius 2 is 1.73 bits per heavy atom. The maximum Gasteiger partial charge on any atom is 0.306 e. The van der Waals surface area contributed by atoms with Gasteiger partial charge in [-0.3, -0.25) is 9.59 Å². The number of benzene rings is 2. The first-order chi connectivity index (χ1) is 15.3. The Bertz CT molecular complexity index is 1040. The Morgan fingerprint density at radius 3 is 2.33 bits per heavy atom. The number of hydrogen-bond acceptors (Lipinski definition) is 3. The van der Waals surface area contributed by atoms with E-state index >= 15 is 0 Å². The molecule has 180 valence electrons. The molecule has 0 aromatic heterocycles. The minimum atomic E-state index is -3.39. The zero-order valence-corrected chi connectivity index (χ0v) is 20.3. The van der Waals surface area contributed by atoms with Crippen LogP contribution in [0.2, 0.25) is 0 Å². The second-order valence-corrected chi connectivity index (χ2v) is 8.90. The largest absolute Gasteiger partial charge is 0.466 e. The number of rotatable bonds is 5. The Hall–Kier alpha value is -1.88. The van der Waals surface area contributed by atoms with E-state index in [1.807, 2.05) is 0 Å². The second kappa shape index (κ2) is 11.0. The fourth-order valence-corrected chi connectivity index (χ4v) is 3.87. The average molecular weight is 604 g/mol. The molecule has 2 aromatic rings. The third-order valence-corrected chi connectivity index (χ3v) is 5.61. The van der Waals surface area contributed by atoms with Crippen molar-refractivity contribution in [3.8, 4) is 0 Å². The van der Waals surface area contributed by atoms with Crippen molar-refractivity contribution in [3.05, 3.63) is 67.6 Å². The third-order valence-electron chi connectivity index (χ3n) is 4.66. The molecule has 0 unspecified atom stereocenters. The topological polar surface area (TPSA) is 43.4 Å². The molecule has 3 nitrogen and oxygen atoms in total. The van der Waals surface area contributed by atoms with Gasteiger partial charge in [0.1, 0.15) is 11.6 Å². The molecule has 0 aliphatic heterocycles. The predicted molar refractivity (Wildman–Crippen MR) is 115 cm³/mol. The Kier molecular flexibility index (Phi) is 9.15. The summed E-state index contributed by atoms with van der Waals surface area (Å²) in [5.41, 5.74) is -1.69. The number of carbonyl (C=O) groups excluding carboxylic acids is 2.